The van der Waals surface area contributed by atoms with Gasteiger partial charge in [-0.2, -0.15) is 0 Å². The maximum Gasteiger partial charge on any atom is 0.405 e. The van der Waals surface area contributed by atoms with Gasteiger partial charge in [-0.15, -0.1) is 0 Å². The second kappa shape index (κ2) is 6.35. The molecule has 5 heteroatoms. The van der Waals surface area contributed by atoms with Crippen molar-refractivity contribution >= 4 is 6.09 Å². The molecule has 21 heavy (non-hydrogen) atoms. The number of rotatable bonds is 3. The summed E-state index contributed by atoms with van der Waals surface area (Å²) in [6, 6.07) is 6.02. The average Bonchev–Trinajstić information content (AvgIpc) is 2.48. The van der Waals surface area contributed by atoms with Crippen LogP contribution in [0, 0.1) is 0 Å². The molecule has 2 N–H and O–H groups in total. The first-order valence-corrected chi connectivity index (χ1v) is 7.70. The molecule has 0 aliphatic carbocycles. The number of likely N-dealkylation sites (tertiary alicyclic amines) is 1. The molecule has 2 aliphatic heterocycles. The molecule has 3 rings (SSSR count). The van der Waals surface area contributed by atoms with Gasteiger partial charge in [0.05, 0.1) is 12.6 Å². The minimum absolute atomic E-state index is 0.157. The highest BCUT2D eigenvalue weighted by Crippen LogP contribution is 2.33. The van der Waals surface area contributed by atoms with Gasteiger partial charge in [0.1, 0.15) is 5.75 Å². The number of carbonyl (C=O) groups is 1. The van der Waals surface area contributed by atoms with Gasteiger partial charge in [-0.25, -0.2) is 4.79 Å². The summed E-state index contributed by atoms with van der Waals surface area (Å²) in [6.45, 7) is 3.85. The van der Waals surface area contributed by atoms with Crippen molar-refractivity contribution in [3.8, 4) is 5.75 Å². The SMILES string of the molecule is O=C(O)NC1CCOc2cc(CN3CCCCC3)ccc21. The zero-order valence-electron chi connectivity index (χ0n) is 12.2. The highest BCUT2D eigenvalue weighted by molar-refractivity contribution is 5.65. The largest absolute Gasteiger partial charge is 0.493 e. The summed E-state index contributed by atoms with van der Waals surface area (Å²) in [7, 11) is 0. The molecule has 2 aliphatic rings. The number of hydrogen-bond acceptors (Lipinski definition) is 3. The normalized spacial score (nSPS) is 22.2. The molecule has 1 aromatic rings. The van der Waals surface area contributed by atoms with Crippen LogP contribution in [0.15, 0.2) is 18.2 Å². The van der Waals surface area contributed by atoms with Crippen molar-refractivity contribution in [3.05, 3.63) is 29.3 Å². The number of nitrogens with one attached hydrogen (secondary N) is 1. The van der Waals surface area contributed by atoms with E-state index in [1.165, 1.54) is 37.9 Å². The molecule has 5 nitrogen and oxygen atoms in total. The standard InChI is InChI=1S/C16H22N2O3/c19-16(20)17-14-6-9-21-15-10-12(4-5-13(14)15)11-18-7-2-1-3-8-18/h4-5,10,14,17H,1-3,6-9,11H2,(H,19,20). The molecule has 0 spiro atoms. The van der Waals surface area contributed by atoms with Crippen molar-refractivity contribution in [2.75, 3.05) is 19.7 Å². The number of ether oxygens (including phenoxy) is 1. The van der Waals surface area contributed by atoms with Gasteiger partial charge in [0.25, 0.3) is 0 Å². The summed E-state index contributed by atoms with van der Waals surface area (Å²) < 4.78 is 5.71. The van der Waals surface area contributed by atoms with Crippen LogP contribution < -0.4 is 10.1 Å². The van der Waals surface area contributed by atoms with Gasteiger partial charge in [-0.3, -0.25) is 4.90 Å². The fourth-order valence-corrected chi connectivity index (χ4v) is 3.21. The Bertz CT molecular complexity index is 512. The number of amides is 1. The predicted octanol–water partition coefficient (Wildman–Crippen LogP) is 2.76. The molecule has 1 aromatic carbocycles. The minimum Gasteiger partial charge on any atom is -0.493 e. The van der Waals surface area contributed by atoms with Crippen molar-refractivity contribution < 1.29 is 14.6 Å². The van der Waals surface area contributed by atoms with Gasteiger partial charge in [0, 0.05) is 18.5 Å². The number of piperidine rings is 1. The molecule has 114 valence electrons. The Kier molecular flexibility index (Phi) is 4.29. The van der Waals surface area contributed by atoms with E-state index in [1.54, 1.807) is 0 Å². The van der Waals surface area contributed by atoms with Crippen LogP contribution in [-0.4, -0.2) is 35.8 Å². The molecule has 1 saturated heterocycles. The fraction of sp³-hybridized carbons (Fsp3) is 0.562. The topological polar surface area (TPSA) is 61.8 Å². The summed E-state index contributed by atoms with van der Waals surface area (Å²) in [5, 5.41) is 11.5. The van der Waals surface area contributed by atoms with Crippen LogP contribution in [0.1, 0.15) is 42.9 Å². The maximum atomic E-state index is 10.8. The van der Waals surface area contributed by atoms with E-state index in [0.29, 0.717) is 13.0 Å². The zero-order valence-corrected chi connectivity index (χ0v) is 12.2. The van der Waals surface area contributed by atoms with Crippen molar-refractivity contribution in [2.45, 2.75) is 38.3 Å². The molecule has 1 atom stereocenters. The molecular weight excluding hydrogens is 268 g/mol. The van der Waals surface area contributed by atoms with Crippen LogP contribution in [0.4, 0.5) is 4.79 Å². The highest BCUT2D eigenvalue weighted by atomic mass is 16.5. The number of carboxylic acid groups (broad SMARTS) is 1. The number of nitrogens with zero attached hydrogens (tertiary/aromatic N) is 1. The van der Waals surface area contributed by atoms with Crippen LogP contribution in [0.5, 0.6) is 5.75 Å². The first-order chi connectivity index (χ1) is 10.2. The molecule has 1 amide bonds. The Balaban J connectivity index is 1.72. The molecular formula is C16H22N2O3. The first kappa shape index (κ1) is 14.2. The van der Waals surface area contributed by atoms with Gasteiger partial charge >= 0.3 is 6.09 Å². The van der Waals surface area contributed by atoms with Crippen LogP contribution in [0.2, 0.25) is 0 Å². The zero-order chi connectivity index (χ0) is 14.7. The first-order valence-electron chi connectivity index (χ1n) is 7.70. The van der Waals surface area contributed by atoms with Crippen molar-refractivity contribution in [3.63, 3.8) is 0 Å². The summed E-state index contributed by atoms with van der Waals surface area (Å²) in [4.78, 5) is 13.3. The van der Waals surface area contributed by atoms with E-state index in [0.717, 1.165) is 17.9 Å². The van der Waals surface area contributed by atoms with E-state index in [2.05, 4.69) is 22.3 Å². The molecule has 0 aromatic heterocycles. The Morgan fingerprint density at radius 2 is 2.14 bits per heavy atom. The Labute approximate surface area is 124 Å². The lowest BCUT2D eigenvalue weighted by molar-refractivity contribution is 0.182. The van der Waals surface area contributed by atoms with Crippen LogP contribution in [0.3, 0.4) is 0 Å². The van der Waals surface area contributed by atoms with Crippen molar-refractivity contribution in [1.29, 1.82) is 0 Å². The minimum atomic E-state index is -0.981. The maximum absolute atomic E-state index is 10.8. The number of hydrogen-bond donors (Lipinski definition) is 2. The highest BCUT2D eigenvalue weighted by Gasteiger charge is 2.23. The Morgan fingerprint density at radius 3 is 2.90 bits per heavy atom. The van der Waals surface area contributed by atoms with E-state index < -0.39 is 6.09 Å². The smallest absolute Gasteiger partial charge is 0.405 e. The van der Waals surface area contributed by atoms with Gasteiger partial charge < -0.3 is 15.2 Å². The summed E-state index contributed by atoms with van der Waals surface area (Å²) in [5.74, 6) is 0.828. The number of fused-ring (bicyclic) bond motifs is 1. The van der Waals surface area contributed by atoms with E-state index in [1.807, 2.05) is 6.07 Å². The third-order valence-electron chi connectivity index (χ3n) is 4.27. The summed E-state index contributed by atoms with van der Waals surface area (Å²) in [6.07, 6.45) is 3.61. The molecule has 0 bridgehead atoms. The van der Waals surface area contributed by atoms with E-state index in [-0.39, 0.29) is 6.04 Å². The molecule has 0 saturated carbocycles. The summed E-state index contributed by atoms with van der Waals surface area (Å²) in [5.41, 5.74) is 2.19. The number of benzene rings is 1. The van der Waals surface area contributed by atoms with E-state index in [9.17, 15) is 4.79 Å². The monoisotopic (exact) mass is 290 g/mol. The third kappa shape index (κ3) is 3.47. The van der Waals surface area contributed by atoms with E-state index >= 15 is 0 Å². The lowest BCUT2D eigenvalue weighted by atomic mass is 9.98. The van der Waals surface area contributed by atoms with Gasteiger partial charge in [0.2, 0.25) is 0 Å². The summed E-state index contributed by atoms with van der Waals surface area (Å²) >= 11 is 0. The van der Waals surface area contributed by atoms with Crippen LogP contribution in [-0.2, 0) is 6.54 Å². The Morgan fingerprint density at radius 1 is 1.33 bits per heavy atom. The van der Waals surface area contributed by atoms with Crippen LogP contribution in [0.25, 0.3) is 0 Å². The Hall–Kier alpha value is -1.75. The third-order valence-corrected chi connectivity index (χ3v) is 4.27. The van der Waals surface area contributed by atoms with E-state index in [4.69, 9.17) is 9.84 Å². The second-order valence-corrected chi connectivity index (χ2v) is 5.85. The van der Waals surface area contributed by atoms with Gasteiger partial charge in [0.15, 0.2) is 0 Å². The second-order valence-electron chi connectivity index (χ2n) is 5.85. The molecule has 1 unspecified atom stereocenters. The quantitative estimate of drug-likeness (QED) is 0.898. The van der Waals surface area contributed by atoms with Crippen LogP contribution >= 0.6 is 0 Å². The molecule has 0 radical (unpaired) electrons. The fourth-order valence-electron chi connectivity index (χ4n) is 3.21. The average molecular weight is 290 g/mol. The van der Waals surface area contributed by atoms with Crippen molar-refractivity contribution in [1.82, 2.24) is 10.2 Å². The molecule has 1 fully saturated rings. The predicted molar refractivity (Wildman–Crippen MR) is 79.6 cm³/mol. The van der Waals surface area contributed by atoms with Gasteiger partial charge in [-0.05, 0) is 37.6 Å². The molecule has 2 heterocycles. The lowest BCUT2D eigenvalue weighted by Gasteiger charge is -2.28. The lowest BCUT2D eigenvalue weighted by Crippen LogP contribution is -2.31. The van der Waals surface area contributed by atoms with Gasteiger partial charge in [-0.1, -0.05) is 18.6 Å². The van der Waals surface area contributed by atoms with Crippen molar-refractivity contribution in [2.24, 2.45) is 0 Å².